The van der Waals surface area contributed by atoms with E-state index in [1.165, 1.54) is 0 Å². The van der Waals surface area contributed by atoms with Gasteiger partial charge in [-0.15, -0.1) is 10.1 Å². The smallest absolute Gasteiger partial charge is 0.320 e. The normalized spacial score (nSPS) is 11.8. The van der Waals surface area contributed by atoms with E-state index >= 15 is 0 Å². The number of nitrogens with two attached hydrogens (primary N) is 1. The minimum absolute atomic E-state index is 0.445. The van der Waals surface area contributed by atoms with Crippen LogP contribution in [0.4, 0.5) is 0 Å². The summed E-state index contributed by atoms with van der Waals surface area (Å²) >= 11 is 0. The molecule has 0 radical (unpaired) electrons. The van der Waals surface area contributed by atoms with Gasteiger partial charge in [0.2, 0.25) is 0 Å². The van der Waals surface area contributed by atoms with Crippen LogP contribution >= 0.6 is 0 Å². The van der Waals surface area contributed by atoms with Crippen LogP contribution in [-0.4, -0.2) is 23.6 Å². The molecule has 0 aliphatic carbocycles. The van der Waals surface area contributed by atoms with Crippen LogP contribution in [-0.2, 0) is 16.2 Å². The Morgan fingerprint density at radius 2 is 2.05 bits per heavy atom. The first-order valence-electron chi connectivity index (χ1n) is 6.47. The molecule has 0 unspecified atom stereocenters. The first-order chi connectivity index (χ1) is 9.63. The molecule has 0 spiro atoms. The lowest BCUT2D eigenvalue weighted by Crippen LogP contribution is -2.38. The van der Waals surface area contributed by atoms with Crippen molar-refractivity contribution in [1.29, 1.82) is 0 Å². The van der Waals surface area contributed by atoms with Crippen LogP contribution in [0.3, 0.4) is 0 Å². The van der Waals surface area contributed by atoms with E-state index in [0.29, 0.717) is 25.9 Å². The molecule has 1 aromatic carbocycles. The Kier molecular flexibility index (Phi) is 7.23. The highest BCUT2D eigenvalue weighted by molar-refractivity contribution is 5.75. The van der Waals surface area contributed by atoms with Crippen molar-refractivity contribution in [3.63, 3.8) is 0 Å². The molecule has 0 bridgehead atoms. The van der Waals surface area contributed by atoms with Crippen molar-refractivity contribution in [3.8, 4) is 0 Å². The average Bonchev–Trinajstić information content (AvgIpc) is 2.43. The minimum atomic E-state index is -1.08. The van der Waals surface area contributed by atoms with Crippen LogP contribution in [0.25, 0.3) is 0 Å². The van der Waals surface area contributed by atoms with Crippen LogP contribution < -0.4 is 11.1 Å². The van der Waals surface area contributed by atoms with Gasteiger partial charge in [-0.05, 0) is 24.9 Å². The Labute approximate surface area is 117 Å². The van der Waals surface area contributed by atoms with Gasteiger partial charge in [-0.1, -0.05) is 36.8 Å². The summed E-state index contributed by atoms with van der Waals surface area (Å²) in [7, 11) is 0. The zero-order valence-corrected chi connectivity index (χ0v) is 11.2. The molecule has 0 aliphatic heterocycles. The Bertz CT molecular complexity index is 425. The first kappa shape index (κ1) is 16.1. The van der Waals surface area contributed by atoms with E-state index in [4.69, 9.17) is 5.73 Å². The molecule has 0 saturated carbocycles. The highest BCUT2D eigenvalue weighted by Crippen LogP contribution is 2.05. The van der Waals surface area contributed by atoms with Gasteiger partial charge in [-0.25, -0.2) is 4.84 Å². The summed E-state index contributed by atoms with van der Waals surface area (Å²) in [6, 6.07) is 8.77. The highest BCUT2D eigenvalue weighted by Gasteiger charge is 2.21. The lowest BCUT2D eigenvalue weighted by Gasteiger charge is -2.16. The molecule has 20 heavy (non-hydrogen) atoms. The molecule has 0 aromatic heterocycles. The Morgan fingerprint density at radius 1 is 1.35 bits per heavy atom. The molecular formula is C13H19N3O4. The van der Waals surface area contributed by atoms with Crippen LogP contribution in [0.5, 0.6) is 0 Å². The molecule has 110 valence electrons. The maximum absolute atomic E-state index is 11.6. The van der Waals surface area contributed by atoms with E-state index in [1.54, 1.807) is 0 Å². The molecule has 7 nitrogen and oxygen atoms in total. The summed E-state index contributed by atoms with van der Waals surface area (Å²) in [5.41, 5.74) is 6.38. The van der Waals surface area contributed by atoms with Crippen molar-refractivity contribution >= 4 is 5.97 Å². The summed E-state index contributed by atoms with van der Waals surface area (Å²) in [6.07, 6.45) is 1.92. The lowest BCUT2D eigenvalue weighted by molar-refractivity contribution is -0.730. The monoisotopic (exact) mass is 281 g/mol. The third-order valence-corrected chi connectivity index (χ3v) is 2.79. The van der Waals surface area contributed by atoms with E-state index in [9.17, 15) is 14.9 Å². The number of benzene rings is 1. The van der Waals surface area contributed by atoms with E-state index in [0.717, 1.165) is 12.0 Å². The number of carbonyl (C=O) groups excluding carboxylic acids is 1. The number of hydrogen-bond acceptors (Lipinski definition) is 6. The van der Waals surface area contributed by atoms with Gasteiger partial charge in [0.05, 0.1) is 6.04 Å². The number of rotatable bonds is 9. The van der Waals surface area contributed by atoms with E-state index in [2.05, 4.69) is 10.2 Å². The van der Waals surface area contributed by atoms with Gasteiger partial charge < -0.3 is 11.1 Å². The zero-order valence-electron chi connectivity index (χ0n) is 11.2. The molecule has 1 rings (SSSR count). The predicted molar refractivity (Wildman–Crippen MR) is 73.1 cm³/mol. The standard InChI is InChI=1S/C13H19N3O4/c14-9-5-4-8-12(13(17)20-16(18)19)15-10-11-6-2-1-3-7-11/h1-3,6-7,12,15H,4-5,8-10,14H2/t12-/m0/s1. The number of carbonyl (C=O) groups is 1. The van der Waals surface area contributed by atoms with Gasteiger partial charge in [0.15, 0.2) is 0 Å². The summed E-state index contributed by atoms with van der Waals surface area (Å²) < 4.78 is 0. The second-order valence-corrected chi connectivity index (χ2v) is 4.34. The fourth-order valence-electron chi connectivity index (χ4n) is 1.77. The molecule has 0 amide bonds. The molecule has 1 atom stereocenters. The fourth-order valence-corrected chi connectivity index (χ4v) is 1.77. The van der Waals surface area contributed by atoms with Crippen molar-refractivity contribution in [2.75, 3.05) is 6.54 Å². The van der Waals surface area contributed by atoms with Gasteiger partial charge in [-0.3, -0.25) is 4.79 Å². The average molecular weight is 281 g/mol. The molecule has 0 fully saturated rings. The third kappa shape index (κ3) is 6.26. The molecular weight excluding hydrogens is 262 g/mol. The predicted octanol–water partition coefficient (Wildman–Crippen LogP) is 1.01. The van der Waals surface area contributed by atoms with Crippen molar-refractivity contribution in [2.45, 2.75) is 31.8 Å². The first-order valence-corrected chi connectivity index (χ1v) is 6.47. The van der Waals surface area contributed by atoms with Crippen LogP contribution in [0.2, 0.25) is 0 Å². The van der Waals surface area contributed by atoms with Crippen LogP contribution in [0.1, 0.15) is 24.8 Å². The summed E-state index contributed by atoms with van der Waals surface area (Å²) in [6.45, 7) is 0.969. The Morgan fingerprint density at radius 3 is 2.65 bits per heavy atom. The second-order valence-electron chi connectivity index (χ2n) is 4.34. The number of nitrogens with zero attached hydrogens (tertiary/aromatic N) is 1. The lowest BCUT2D eigenvalue weighted by atomic mass is 10.1. The quantitative estimate of drug-likeness (QED) is 0.397. The summed E-state index contributed by atoms with van der Waals surface area (Å²) in [4.78, 5) is 25.9. The molecule has 0 heterocycles. The Hall–Kier alpha value is -1.99. The van der Waals surface area contributed by atoms with E-state index in [-0.39, 0.29) is 0 Å². The SMILES string of the molecule is NCCCC[C@H](NCc1ccccc1)C(=O)O[N+](=O)[O-]. The fraction of sp³-hybridized carbons (Fsp3) is 0.462. The summed E-state index contributed by atoms with van der Waals surface area (Å²) in [5.74, 6) is -0.872. The van der Waals surface area contributed by atoms with Crippen molar-refractivity contribution in [2.24, 2.45) is 5.73 Å². The zero-order chi connectivity index (χ0) is 14.8. The second kappa shape index (κ2) is 9.00. The maximum atomic E-state index is 11.6. The maximum Gasteiger partial charge on any atom is 0.320 e. The van der Waals surface area contributed by atoms with Gasteiger partial charge in [-0.2, -0.15) is 0 Å². The van der Waals surface area contributed by atoms with E-state index < -0.39 is 17.1 Å². The van der Waals surface area contributed by atoms with Crippen molar-refractivity contribution < 1.29 is 14.7 Å². The topological polar surface area (TPSA) is 107 Å². The molecule has 1 aromatic rings. The number of hydrogen-bond donors (Lipinski definition) is 2. The summed E-state index contributed by atoms with van der Waals surface area (Å²) in [5, 5.41) is 12.1. The van der Waals surface area contributed by atoms with Gasteiger partial charge >= 0.3 is 11.1 Å². The van der Waals surface area contributed by atoms with Crippen molar-refractivity contribution in [3.05, 3.63) is 46.0 Å². The van der Waals surface area contributed by atoms with E-state index in [1.807, 2.05) is 30.3 Å². The van der Waals surface area contributed by atoms with Crippen LogP contribution in [0, 0.1) is 10.1 Å². The third-order valence-electron chi connectivity index (χ3n) is 2.79. The minimum Gasteiger partial charge on any atom is -0.330 e. The van der Waals surface area contributed by atoms with Gasteiger partial charge in [0.25, 0.3) is 0 Å². The number of unbranched alkanes of at least 4 members (excludes halogenated alkanes) is 1. The van der Waals surface area contributed by atoms with Crippen LogP contribution in [0.15, 0.2) is 30.3 Å². The largest absolute Gasteiger partial charge is 0.330 e. The molecule has 3 N–H and O–H groups in total. The molecule has 0 saturated heterocycles. The highest BCUT2D eigenvalue weighted by atomic mass is 17.0. The molecule has 0 aliphatic rings. The van der Waals surface area contributed by atoms with Gasteiger partial charge in [0.1, 0.15) is 0 Å². The van der Waals surface area contributed by atoms with Gasteiger partial charge in [0, 0.05) is 6.54 Å². The molecule has 7 heteroatoms. The number of nitrogens with one attached hydrogen (secondary N) is 1. The van der Waals surface area contributed by atoms with Crippen molar-refractivity contribution in [1.82, 2.24) is 5.32 Å². The Balaban J connectivity index is 2.52.